The van der Waals surface area contributed by atoms with E-state index in [1.807, 2.05) is 0 Å². The lowest BCUT2D eigenvalue weighted by Crippen LogP contribution is -2.11. The molecule has 3 rings (SSSR count). The second-order valence-corrected chi connectivity index (χ2v) is 9.03. The van der Waals surface area contributed by atoms with Crippen LogP contribution in [0.4, 0.5) is 0 Å². The van der Waals surface area contributed by atoms with Crippen LogP contribution in [0.15, 0.2) is 30.6 Å². The minimum atomic E-state index is -3.17. The summed E-state index contributed by atoms with van der Waals surface area (Å²) < 4.78 is 26.3. The molecule has 2 heterocycles. The first-order chi connectivity index (χ1) is 12.8. The maximum Gasteiger partial charge on any atom is 0.185 e. The van der Waals surface area contributed by atoms with Gasteiger partial charge in [0.25, 0.3) is 0 Å². The number of aromatic nitrogens is 5. The molecule has 0 aliphatic carbocycles. The number of aliphatic hydroxyl groups is 1. The highest BCUT2D eigenvalue weighted by molar-refractivity contribution is 7.90. The number of aryl methyl sites for hydroxylation is 1. The molecule has 0 fully saturated rings. The summed E-state index contributed by atoms with van der Waals surface area (Å²) in [4.78, 5) is 4.48. The predicted octanol–water partition coefficient (Wildman–Crippen LogP) is 2.02. The van der Waals surface area contributed by atoms with Gasteiger partial charge >= 0.3 is 0 Å². The van der Waals surface area contributed by atoms with Crippen LogP contribution in [-0.4, -0.2) is 56.7 Å². The molecule has 0 saturated heterocycles. The maximum absolute atomic E-state index is 11.6. The Labute approximate surface area is 166 Å². The van der Waals surface area contributed by atoms with Gasteiger partial charge in [0.1, 0.15) is 15.7 Å². The Hall–Kier alpha value is -1.94. The Balaban J connectivity index is 2.03. The van der Waals surface area contributed by atoms with Gasteiger partial charge < -0.3 is 5.11 Å². The third kappa shape index (κ3) is 4.86. The van der Waals surface area contributed by atoms with Crippen LogP contribution < -0.4 is 0 Å². The molecule has 27 heavy (non-hydrogen) atoms. The van der Waals surface area contributed by atoms with Crippen molar-refractivity contribution in [2.75, 3.05) is 18.6 Å². The quantitative estimate of drug-likeness (QED) is 0.615. The minimum absolute atomic E-state index is 0.0358. The van der Waals surface area contributed by atoms with Crippen LogP contribution in [-0.2, 0) is 22.8 Å². The van der Waals surface area contributed by atoms with Gasteiger partial charge in [-0.2, -0.15) is 5.10 Å². The van der Waals surface area contributed by atoms with E-state index in [9.17, 15) is 8.42 Å². The molecule has 3 aromatic rings. The molecule has 0 atom stereocenters. The van der Waals surface area contributed by atoms with Gasteiger partial charge in [-0.25, -0.2) is 18.1 Å². The molecule has 0 spiro atoms. The average molecular weight is 430 g/mol. The summed E-state index contributed by atoms with van der Waals surface area (Å²) in [5, 5.41) is 18.4. The normalized spacial score (nSPS) is 11.9. The Morgan fingerprint density at radius 2 is 2.00 bits per heavy atom. The van der Waals surface area contributed by atoms with Gasteiger partial charge in [0.2, 0.25) is 0 Å². The number of sulfone groups is 1. The third-order valence-electron chi connectivity index (χ3n) is 3.74. The standard InChI is InChI=1S/C16H17Cl2N5O3S/c1-27(25,26)7-4-15-20-16(11-9-19-22(10-11)5-6-24)21-23(15)12-2-3-13(17)14(18)8-12/h2-3,8-10,24H,4-7H2,1H3. The van der Waals surface area contributed by atoms with Crippen molar-refractivity contribution in [3.05, 3.63) is 46.5 Å². The van der Waals surface area contributed by atoms with Crippen molar-refractivity contribution in [1.82, 2.24) is 24.5 Å². The fourth-order valence-electron chi connectivity index (χ4n) is 2.43. The second kappa shape index (κ2) is 7.97. The topological polar surface area (TPSA) is 103 Å². The number of hydrogen-bond donors (Lipinski definition) is 1. The Morgan fingerprint density at radius 1 is 1.22 bits per heavy atom. The highest BCUT2D eigenvalue weighted by atomic mass is 35.5. The van der Waals surface area contributed by atoms with Crippen molar-refractivity contribution in [3.8, 4) is 17.1 Å². The van der Waals surface area contributed by atoms with Crippen LogP contribution >= 0.6 is 23.2 Å². The van der Waals surface area contributed by atoms with Crippen LogP contribution in [0, 0.1) is 0 Å². The lowest BCUT2D eigenvalue weighted by atomic mass is 10.3. The summed E-state index contributed by atoms with van der Waals surface area (Å²) >= 11 is 12.1. The second-order valence-electron chi connectivity index (χ2n) is 5.96. The van der Waals surface area contributed by atoms with Crippen LogP contribution in [0.1, 0.15) is 5.82 Å². The Kier molecular flexibility index (Phi) is 5.85. The van der Waals surface area contributed by atoms with Crippen LogP contribution in [0.5, 0.6) is 0 Å². The van der Waals surface area contributed by atoms with Crippen LogP contribution in [0.25, 0.3) is 17.1 Å². The summed E-state index contributed by atoms with van der Waals surface area (Å²) in [5.41, 5.74) is 1.28. The minimum Gasteiger partial charge on any atom is -0.394 e. The Bertz CT molecular complexity index is 1060. The predicted molar refractivity (Wildman–Crippen MR) is 103 cm³/mol. The summed E-state index contributed by atoms with van der Waals surface area (Å²) in [5.74, 6) is 0.813. The van der Waals surface area contributed by atoms with Gasteiger partial charge in [-0.3, -0.25) is 4.68 Å². The van der Waals surface area contributed by atoms with E-state index in [1.165, 1.54) is 6.26 Å². The lowest BCUT2D eigenvalue weighted by Gasteiger charge is -2.06. The molecule has 0 aliphatic heterocycles. The average Bonchev–Trinajstić information content (AvgIpc) is 3.22. The van der Waals surface area contributed by atoms with Gasteiger partial charge in [0, 0.05) is 18.9 Å². The lowest BCUT2D eigenvalue weighted by molar-refractivity contribution is 0.269. The largest absolute Gasteiger partial charge is 0.394 e. The molecule has 1 aromatic carbocycles. The molecule has 0 aliphatic rings. The van der Waals surface area contributed by atoms with Crippen molar-refractivity contribution in [1.29, 1.82) is 0 Å². The molecule has 1 N–H and O–H groups in total. The zero-order chi connectivity index (χ0) is 19.6. The molecule has 8 nitrogen and oxygen atoms in total. The van der Waals surface area contributed by atoms with Crippen molar-refractivity contribution >= 4 is 33.0 Å². The number of hydrogen-bond acceptors (Lipinski definition) is 6. The molecule has 0 unspecified atom stereocenters. The van der Waals surface area contributed by atoms with Crippen molar-refractivity contribution in [3.63, 3.8) is 0 Å². The monoisotopic (exact) mass is 429 g/mol. The van der Waals surface area contributed by atoms with E-state index >= 15 is 0 Å². The van der Waals surface area contributed by atoms with Crippen molar-refractivity contribution in [2.24, 2.45) is 0 Å². The summed E-state index contributed by atoms with van der Waals surface area (Å²) in [6.45, 7) is 0.320. The van der Waals surface area contributed by atoms with Crippen LogP contribution in [0.3, 0.4) is 0 Å². The summed E-state index contributed by atoms with van der Waals surface area (Å²) in [7, 11) is -3.17. The van der Waals surface area contributed by atoms with E-state index in [-0.39, 0.29) is 18.8 Å². The van der Waals surface area contributed by atoms with Crippen molar-refractivity contribution in [2.45, 2.75) is 13.0 Å². The Morgan fingerprint density at radius 3 is 2.67 bits per heavy atom. The number of nitrogens with zero attached hydrogens (tertiary/aromatic N) is 5. The number of aliphatic hydroxyl groups excluding tert-OH is 1. The van der Waals surface area contributed by atoms with E-state index in [1.54, 1.807) is 40.0 Å². The number of halogens is 2. The summed E-state index contributed by atoms with van der Waals surface area (Å²) in [6, 6.07) is 5.01. The van der Waals surface area contributed by atoms with E-state index < -0.39 is 9.84 Å². The van der Waals surface area contributed by atoms with Crippen LogP contribution in [0.2, 0.25) is 10.0 Å². The zero-order valence-corrected chi connectivity index (χ0v) is 16.7. The first-order valence-electron chi connectivity index (χ1n) is 7.99. The molecule has 0 saturated carbocycles. The van der Waals surface area contributed by atoms with E-state index in [0.717, 1.165) is 0 Å². The highest BCUT2D eigenvalue weighted by Gasteiger charge is 2.17. The molecule has 0 bridgehead atoms. The summed E-state index contributed by atoms with van der Waals surface area (Å²) in [6.07, 6.45) is 4.67. The number of rotatable bonds is 7. The molecule has 0 amide bonds. The third-order valence-corrected chi connectivity index (χ3v) is 5.42. The highest BCUT2D eigenvalue weighted by Crippen LogP contribution is 2.26. The molecule has 2 aromatic heterocycles. The molecule has 144 valence electrons. The SMILES string of the molecule is CS(=O)(=O)CCc1nc(-c2cnn(CCO)c2)nn1-c1ccc(Cl)c(Cl)c1. The maximum atomic E-state index is 11.6. The fraction of sp³-hybridized carbons (Fsp3) is 0.312. The van der Waals surface area contributed by atoms with Gasteiger partial charge in [-0.05, 0) is 18.2 Å². The van der Waals surface area contributed by atoms with Crippen molar-refractivity contribution < 1.29 is 13.5 Å². The van der Waals surface area contributed by atoms with E-state index in [2.05, 4.69) is 15.2 Å². The van der Waals surface area contributed by atoms with Gasteiger partial charge in [-0.1, -0.05) is 23.2 Å². The molecular weight excluding hydrogens is 413 g/mol. The first kappa shape index (κ1) is 19.8. The molecule has 0 radical (unpaired) electrons. The molecule has 11 heteroatoms. The smallest absolute Gasteiger partial charge is 0.185 e. The molecular formula is C16H17Cl2N5O3S. The fourth-order valence-corrected chi connectivity index (χ4v) is 3.28. The van der Waals surface area contributed by atoms with Gasteiger partial charge in [0.15, 0.2) is 5.82 Å². The first-order valence-corrected chi connectivity index (χ1v) is 10.8. The van der Waals surface area contributed by atoms with E-state index in [4.69, 9.17) is 28.3 Å². The van der Waals surface area contributed by atoms with E-state index in [0.29, 0.717) is 39.5 Å². The zero-order valence-electron chi connectivity index (χ0n) is 14.4. The van der Waals surface area contributed by atoms with Gasteiger partial charge in [0.05, 0.1) is 46.4 Å². The van der Waals surface area contributed by atoms with Gasteiger partial charge in [-0.15, -0.1) is 5.10 Å². The number of benzene rings is 1.